The first-order valence-corrected chi connectivity index (χ1v) is 3.42. The van der Waals surface area contributed by atoms with Crippen LogP contribution < -0.4 is 5.11 Å². The Labute approximate surface area is 61.0 Å². The second kappa shape index (κ2) is 4.28. The fraction of sp³-hybridized carbons (Fsp3) is 0.857. The average Bonchev–Trinajstić information content (AvgIpc) is 1.81. The quantitative estimate of drug-likeness (QED) is 0.550. The number of hydrogen-bond acceptors (Lipinski definition) is 3. The summed E-state index contributed by atoms with van der Waals surface area (Å²) in [5.74, 6) is -1.15. The van der Waals surface area contributed by atoms with E-state index in [2.05, 4.69) is 0 Å². The minimum atomic E-state index is -1.13. The molecule has 0 saturated carbocycles. The van der Waals surface area contributed by atoms with Gasteiger partial charge < -0.3 is 14.6 Å². The smallest absolute Gasteiger partial charge is 0.0991 e. The third kappa shape index (κ3) is 2.82. The van der Waals surface area contributed by atoms with Crippen molar-refractivity contribution in [3.05, 3.63) is 0 Å². The number of hydrogen-bond donors (Lipinski definition) is 0. The summed E-state index contributed by atoms with van der Waals surface area (Å²) in [7, 11) is 0. The van der Waals surface area contributed by atoms with Crippen LogP contribution in [0.2, 0.25) is 0 Å². The first-order chi connectivity index (χ1) is 4.59. The standard InChI is InChI=1S/C7H14O3/c1-4-10-6(5(2)3)7(8)9/h5-6H,4H2,1-3H3,(H,8,9)/p-1. The van der Waals surface area contributed by atoms with Crippen molar-refractivity contribution in [1.29, 1.82) is 0 Å². The molecule has 0 rings (SSSR count). The SMILES string of the molecule is CCOC(C(=O)[O-])C(C)C. The lowest BCUT2D eigenvalue weighted by molar-refractivity contribution is -0.318. The Kier molecular flexibility index (Phi) is 4.03. The van der Waals surface area contributed by atoms with E-state index in [4.69, 9.17) is 4.74 Å². The summed E-state index contributed by atoms with van der Waals surface area (Å²) < 4.78 is 4.90. The van der Waals surface area contributed by atoms with Gasteiger partial charge in [-0.3, -0.25) is 0 Å². The van der Waals surface area contributed by atoms with E-state index in [0.717, 1.165) is 0 Å². The van der Waals surface area contributed by atoms with E-state index in [1.165, 1.54) is 0 Å². The lowest BCUT2D eigenvalue weighted by Gasteiger charge is -2.21. The highest BCUT2D eigenvalue weighted by molar-refractivity contribution is 5.70. The maximum atomic E-state index is 10.3. The van der Waals surface area contributed by atoms with Crippen LogP contribution in [-0.4, -0.2) is 18.7 Å². The molecule has 0 aromatic carbocycles. The lowest BCUT2D eigenvalue weighted by atomic mass is 10.1. The molecule has 0 bridgehead atoms. The maximum Gasteiger partial charge on any atom is 0.0991 e. The van der Waals surface area contributed by atoms with E-state index in [0.29, 0.717) is 6.61 Å². The predicted octanol–water partition coefficient (Wildman–Crippen LogP) is -0.203. The van der Waals surface area contributed by atoms with Crippen LogP contribution in [0.3, 0.4) is 0 Å². The largest absolute Gasteiger partial charge is 0.547 e. The number of carboxylic acid groups (broad SMARTS) is 1. The van der Waals surface area contributed by atoms with Gasteiger partial charge in [0.25, 0.3) is 0 Å². The van der Waals surface area contributed by atoms with Crippen LogP contribution in [0.25, 0.3) is 0 Å². The molecule has 0 heterocycles. The number of rotatable bonds is 4. The zero-order valence-corrected chi connectivity index (χ0v) is 6.59. The number of aliphatic carboxylic acids is 1. The van der Waals surface area contributed by atoms with Crippen molar-refractivity contribution < 1.29 is 14.6 Å². The van der Waals surface area contributed by atoms with Crippen molar-refractivity contribution in [2.24, 2.45) is 5.92 Å². The molecule has 0 aliphatic heterocycles. The second-order valence-electron chi connectivity index (χ2n) is 2.44. The van der Waals surface area contributed by atoms with Gasteiger partial charge in [-0.05, 0) is 12.8 Å². The normalized spacial score (nSPS) is 13.6. The first-order valence-electron chi connectivity index (χ1n) is 3.42. The second-order valence-corrected chi connectivity index (χ2v) is 2.44. The van der Waals surface area contributed by atoms with Gasteiger partial charge in [0.1, 0.15) is 0 Å². The fourth-order valence-electron chi connectivity index (χ4n) is 0.712. The molecule has 0 aliphatic rings. The molecule has 60 valence electrons. The molecule has 0 radical (unpaired) electrons. The summed E-state index contributed by atoms with van der Waals surface area (Å²) in [6.07, 6.45) is -0.759. The number of carbonyl (C=O) groups excluding carboxylic acids is 1. The summed E-state index contributed by atoms with van der Waals surface area (Å²) >= 11 is 0. The van der Waals surface area contributed by atoms with E-state index in [1.807, 2.05) is 0 Å². The minimum Gasteiger partial charge on any atom is -0.547 e. The molecule has 0 aromatic rings. The summed E-state index contributed by atoms with van der Waals surface area (Å²) in [5.41, 5.74) is 0. The Bertz CT molecular complexity index is 109. The van der Waals surface area contributed by atoms with Crippen molar-refractivity contribution >= 4 is 5.97 Å². The molecule has 0 saturated heterocycles. The monoisotopic (exact) mass is 145 g/mol. The van der Waals surface area contributed by atoms with Crippen LogP contribution in [0.4, 0.5) is 0 Å². The molecule has 0 spiro atoms. The van der Waals surface area contributed by atoms with Crippen LogP contribution in [-0.2, 0) is 9.53 Å². The molecule has 1 atom stereocenters. The van der Waals surface area contributed by atoms with Gasteiger partial charge in [-0.1, -0.05) is 13.8 Å². The van der Waals surface area contributed by atoms with Crippen LogP contribution >= 0.6 is 0 Å². The van der Waals surface area contributed by atoms with Gasteiger partial charge >= 0.3 is 0 Å². The first kappa shape index (κ1) is 9.43. The van der Waals surface area contributed by atoms with Gasteiger partial charge in [-0.2, -0.15) is 0 Å². The van der Waals surface area contributed by atoms with Crippen molar-refractivity contribution in [1.82, 2.24) is 0 Å². The van der Waals surface area contributed by atoms with Crippen LogP contribution in [0.5, 0.6) is 0 Å². The maximum absolute atomic E-state index is 10.3. The molecule has 3 nitrogen and oxygen atoms in total. The van der Waals surface area contributed by atoms with E-state index in [9.17, 15) is 9.90 Å². The van der Waals surface area contributed by atoms with E-state index in [1.54, 1.807) is 20.8 Å². The molecular formula is C7H13O3-. The Morgan fingerprint density at radius 2 is 2.10 bits per heavy atom. The predicted molar refractivity (Wildman–Crippen MR) is 35.3 cm³/mol. The summed E-state index contributed by atoms with van der Waals surface area (Å²) in [4.78, 5) is 10.3. The molecule has 0 amide bonds. The van der Waals surface area contributed by atoms with Gasteiger partial charge in [0, 0.05) is 6.61 Å². The number of carboxylic acids is 1. The molecule has 0 aromatic heterocycles. The van der Waals surface area contributed by atoms with E-state index in [-0.39, 0.29) is 5.92 Å². The Morgan fingerprint density at radius 3 is 2.20 bits per heavy atom. The molecule has 1 unspecified atom stereocenters. The van der Waals surface area contributed by atoms with Crippen molar-refractivity contribution in [3.63, 3.8) is 0 Å². The van der Waals surface area contributed by atoms with Gasteiger partial charge in [0.2, 0.25) is 0 Å². The highest BCUT2D eigenvalue weighted by atomic mass is 16.5. The Morgan fingerprint density at radius 1 is 1.60 bits per heavy atom. The van der Waals surface area contributed by atoms with E-state index >= 15 is 0 Å². The van der Waals surface area contributed by atoms with Crippen molar-refractivity contribution in [3.8, 4) is 0 Å². The third-order valence-corrected chi connectivity index (χ3v) is 1.18. The van der Waals surface area contributed by atoms with Crippen molar-refractivity contribution in [2.45, 2.75) is 26.9 Å². The molecular weight excluding hydrogens is 132 g/mol. The fourth-order valence-corrected chi connectivity index (χ4v) is 0.712. The van der Waals surface area contributed by atoms with Gasteiger partial charge in [-0.15, -0.1) is 0 Å². The zero-order chi connectivity index (χ0) is 8.15. The van der Waals surface area contributed by atoms with Crippen LogP contribution in [0, 0.1) is 5.92 Å². The molecule has 3 heteroatoms. The number of ether oxygens (including phenoxy) is 1. The number of carbonyl (C=O) groups is 1. The van der Waals surface area contributed by atoms with Crippen LogP contribution in [0.15, 0.2) is 0 Å². The van der Waals surface area contributed by atoms with Gasteiger partial charge in [-0.25, -0.2) is 0 Å². The average molecular weight is 145 g/mol. The molecule has 0 aliphatic carbocycles. The topological polar surface area (TPSA) is 49.4 Å². The van der Waals surface area contributed by atoms with Crippen LogP contribution in [0.1, 0.15) is 20.8 Å². The van der Waals surface area contributed by atoms with Gasteiger partial charge in [0.15, 0.2) is 0 Å². The summed E-state index contributed by atoms with van der Waals surface area (Å²) in [6, 6.07) is 0. The Hall–Kier alpha value is -0.570. The lowest BCUT2D eigenvalue weighted by Crippen LogP contribution is -2.40. The minimum absolute atomic E-state index is 0.0232. The zero-order valence-electron chi connectivity index (χ0n) is 6.59. The summed E-state index contributed by atoms with van der Waals surface area (Å²) in [5, 5.41) is 10.3. The van der Waals surface area contributed by atoms with E-state index < -0.39 is 12.1 Å². The molecule has 10 heavy (non-hydrogen) atoms. The molecule has 0 fully saturated rings. The van der Waals surface area contributed by atoms with Crippen molar-refractivity contribution in [2.75, 3.05) is 6.61 Å². The Balaban J connectivity index is 3.85. The highest BCUT2D eigenvalue weighted by Crippen LogP contribution is 2.04. The third-order valence-electron chi connectivity index (χ3n) is 1.18. The van der Waals surface area contributed by atoms with Gasteiger partial charge in [0.05, 0.1) is 12.1 Å². The molecule has 0 N–H and O–H groups in total. The highest BCUT2D eigenvalue weighted by Gasteiger charge is 2.13. The summed E-state index contributed by atoms with van der Waals surface area (Å²) in [6.45, 7) is 5.75.